The van der Waals surface area contributed by atoms with Gasteiger partial charge >= 0.3 is 13.2 Å². The highest BCUT2D eigenvalue weighted by Crippen LogP contribution is 2.38. The third kappa shape index (κ3) is 5.56. The van der Waals surface area contributed by atoms with E-state index >= 15 is 0 Å². The van der Waals surface area contributed by atoms with E-state index in [2.05, 4.69) is 10.3 Å². The molecule has 1 amide bonds. The molecule has 0 bridgehead atoms. The molecule has 1 aliphatic heterocycles. The highest BCUT2D eigenvalue weighted by atomic mass is 16.7. The molecule has 2 heterocycles. The van der Waals surface area contributed by atoms with E-state index in [9.17, 15) is 9.90 Å². The fraction of sp³-hybridized carbons (Fsp3) is 0.364. The van der Waals surface area contributed by atoms with Crippen LogP contribution in [-0.4, -0.2) is 41.0 Å². The molecule has 1 aromatic carbocycles. The second-order valence-electron chi connectivity index (χ2n) is 8.40. The standard InChI is InChI=1S/C22H28BN3O5/c1-21(2)22(3,4)31-23(30-21)17(10-16-11-18(27)19(24)25-12-16)13-26-20(28)29-14-15-8-6-5-7-9-15/h5-12,27H,13-14H2,1-4H3,(H2,24,25)(H,26,28). The van der Waals surface area contributed by atoms with Gasteiger partial charge in [-0.1, -0.05) is 36.4 Å². The van der Waals surface area contributed by atoms with Gasteiger partial charge in [0.2, 0.25) is 0 Å². The number of aromatic hydroxyl groups is 1. The van der Waals surface area contributed by atoms with Crippen molar-refractivity contribution in [3.05, 3.63) is 59.2 Å². The number of anilines is 1. The number of rotatable bonds is 6. The zero-order valence-electron chi connectivity index (χ0n) is 18.2. The minimum absolute atomic E-state index is 0.0388. The largest absolute Gasteiger partial charge is 0.504 e. The van der Waals surface area contributed by atoms with Crippen LogP contribution in [0.25, 0.3) is 6.08 Å². The number of benzene rings is 1. The Morgan fingerprint density at radius 3 is 2.48 bits per heavy atom. The average molecular weight is 425 g/mol. The predicted molar refractivity (Wildman–Crippen MR) is 119 cm³/mol. The number of pyridine rings is 1. The second-order valence-corrected chi connectivity index (χ2v) is 8.40. The monoisotopic (exact) mass is 425 g/mol. The van der Waals surface area contributed by atoms with E-state index < -0.39 is 24.4 Å². The van der Waals surface area contributed by atoms with Gasteiger partial charge in [-0.05, 0) is 50.4 Å². The van der Waals surface area contributed by atoms with Crippen molar-refractivity contribution in [3.8, 4) is 5.75 Å². The molecule has 0 atom stereocenters. The SMILES string of the molecule is CC1(C)OB(C(=Cc2cnc(N)c(O)c2)CNC(=O)OCc2ccccc2)OC1(C)C. The summed E-state index contributed by atoms with van der Waals surface area (Å²) in [5, 5.41) is 12.6. The molecule has 4 N–H and O–H groups in total. The van der Waals surface area contributed by atoms with Crippen LogP contribution < -0.4 is 11.1 Å². The van der Waals surface area contributed by atoms with Gasteiger partial charge in [-0.15, -0.1) is 0 Å². The summed E-state index contributed by atoms with van der Waals surface area (Å²) in [6.07, 6.45) is 2.70. The average Bonchev–Trinajstić information content (AvgIpc) is 2.94. The molecular formula is C22H28BN3O5. The van der Waals surface area contributed by atoms with Gasteiger partial charge in [-0.3, -0.25) is 0 Å². The lowest BCUT2D eigenvalue weighted by atomic mass is 9.77. The highest BCUT2D eigenvalue weighted by Gasteiger charge is 2.52. The number of carbonyl (C=O) groups excluding carboxylic acids is 1. The van der Waals surface area contributed by atoms with Crippen LogP contribution in [0, 0.1) is 0 Å². The second kappa shape index (κ2) is 8.99. The van der Waals surface area contributed by atoms with E-state index in [4.69, 9.17) is 19.8 Å². The molecule has 0 spiro atoms. The summed E-state index contributed by atoms with van der Waals surface area (Å²) in [5.74, 6) is -0.0887. The normalized spacial score (nSPS) is 17.4. The van der Waals surface area contributed by atoms with Gasteiger partial charge in [0.05, 0.1) is 11.2 Å². The maximum atomic E-state index is 12.2. The molecule has 3 rings (SSSR count). The Morgan fingerprint density at radius 2 is 1.87 bits per heavy atom. The van der Waals surface area contributed by atoms with E-state index in [1.807, 2.05) is 58.0 Å². The number of nitrogens with zero attached hydrogens (tertiary/aromatic N) is 1. The molecule has 0 aliphatic carbocycles. The number of nitrogen functional groups attached to an aromatic ring is 1. The van der Waals surface area contributed by atoms with E-state index in [0.717, 1.165) is 5.56 Å². The molecule has 0 saturated carbocycles. The molecule has 164 valence electrons. The van der Waals surface area contributed by atoms with Crippen LogP contribution in [0.5, 0.6) is 5.75 Å². The molecule has 0 unspecified atom stereocenters. The van der Waals surface area contributed by atoms with Crippen molar-refractivity contribution in [2.24, 2.45) is 0 Å². The molecule has 0 radical (unpaired) electrons. The van der Waals surface area contributed by atoms with Gasteiger partial charge in [-0.2, -0.15) is 0 Å². The number of hydrogen-bond donors (Lipinski definition) is 3. The smallest absolute Gasteiger partial charge is 0.492 e. The number of aromatic nitrogens is 1. The van der Waals surface area contributed by atoms with Crippen LogP contribution in [0.15, 0.2) is 48.1 Å². The van der Waals surface area contributed by atoms with Gasteiger partial charge in [0.25, 0.3) is 0 Å². The minimum Gasteiger partial charge on any atom is -0.504 e. The van der Waals surface area contributed by atoms with Crippen molar-refractivity contribution in [1.29, 1.82) is 0 Å². The van der Waals surface area contributed by atoms with Gasteiger partial charge in [-0.25, -0.2) is 9.78 Å². The molecule has 1 aromatic heterocycles. The quantitative estimate of drug-likeness (QED) is 0.608. The van der Waals surface area contributed by atoms with Crippen molar-refractivity contribution in [2.45, 2.75) is 45.5 Å². The molecular weight excluding hydrogens is 397 g/mol. The Balaban J connectivity index is 1.73. The Kier molecular flexibility index (Phi) is 6.57. The molecule has 31 heavy (non-hydrogen) atoms. The van der Waals surface area contributed by atoms with Crippen LogP contribution in [0.3, 0.4) is 0 Å². The molecule has 1 saturated heterocycles. The number of alkyl carbamates (subject to hydrolysis) is 1. The molecule has 9 heteroatoms. The Bertz CT molecular complexity index is 947. The lowest BCUT2D eigenvalue weighted by Gasteiger charge is -2.32. The van der Waals surface area contributed by atoms with E-state index in [1.165, 1.54) is 12.3 Å². The van der Waals surface area contributed by atoms with Gasteiger partial charge in [0, 0.05) is 12.7 Å². The van der Waals surface area contributed by atoms with Gasteiger partial charge in [0.1, 0.15) is 6.61 Å². The zero-order valence-corrected chi connectivity index (χ0v) is 18.2. The van der Waals surface area contributed by atoms with Crippen molar-refractivity contribution in [1.82, 2.24) is 10.3 Å². The van der Waals surface area contributed by atoms with Crippen LogP contribution in [0.2, 0.25) is 0 Å². The van der Waals surface area contributed by atoms with Crippen molar-refractivity contribution >= 4 is 25.1 Å². The molecule has 8 nitrogen and oxygen atoms in total. The third-order valence-electron chi connectivity index (χ3n) is 5.48. The van der Waals surface area contributed by atoms with Crippen molar-refractivity contribution in [2.75, 3.05) is 12.3 Å². The first-order chi connectivity index (χ1) is 14.6. The summed E-state index contributed by atoms with van der Waals surface area (Å²) in [5.41, 5.74) is 6.61. The summed E-state index contributed by atoms with van der Waals surface area (Å²) < 4.78 is 17.5. The number of carbonyl (C=O) groups is 1. The Morgan fingerprint density at radius 1 is 1.23 bits per heavy atom. The lowest BCUT2D eigenvalue weighted by Crippen LogP contribution is -2.41. The first-order valence-corrected chi connectivity index (χ1v) is 10.0. The first-order valence-electron chi connectivity index (χ1n) is 10.0. The number of nitrogens with two attached hydrogens (primary N) is 1. The van der Waals surface area contributed by atoms with E-state index in [1.54, 1.807) is 6.08 Å². The summed E-state index contributed by atoms with van der Waals surface area (Å²) >= 11 is 0. The topological polar surface area (TPSA) is 116 Å². The number of hydrogen-bond acceptors (Lipinski definition) is 7. The fourth-order valence-corrected chi connectivity index (χ4v) is 2.92. The molecule has 1 fully saturated rings. The highest BCUT2D eigenvalue weighted by molar-refractivity contribution is 6.56. The van der Waals surface area contributed by atoms with Crippen LogP contribution in [-0.2, 0) is 20.7 Å². The summed E-state index contributed by atoms with van der Waals surface area (Å²) in [7, 11) is -0.695. The number of amides is 1. The maximum absolute atomic E-state index is 12.2. The van der Waals surface area contributed by atoms with Crippen LogP contribution in [0.4, 0.5) is 10.6 Å². The predicted octanol–water partition coefficient (Wildman–Crippen LogP) is 3.31. The number of nitrogens with one attached hydrogen (secondary N) is 1. The van der Waals surface area contributed by atoms with E-state index in [0.29, 0.717) is 11.0 Å². The lowest BCUT2D eigenvalue weighted by molar-refractivity contribution is 0.00578. The van der Waals surface area contributed by atoms with Gasteiger partial charge < -0.3 is 30.2 Å². The Hall–Kier alpha value is -3.04. The van der Waals surface area contributed by atoms with Crippen LogP contribution in [0.1, 0.15) is 38.8 Å². The fourth-order valence-electron chi connectivity index (χ4n) is 2.92. The van der Waals surface area contributed by atoms with Crippen molar-refractivity contribution in [3.63, 3.8) is 0 Å². The number of ether oxygens (including phenoxy) is 1. The van der Waals surface area contributed by atoms with Crippen LogP contribution >= 0.6 is 0 Å². The zero-order chi connectivity index (χ0) is 22.6. The molecule has 1 aliphatic rings. The molecule has 2 aromatic rings. The van der Waals surface area contributed by atoms with Gasteiger partial charge in [0.15, 0.2) is 11.6 Å². The summed E-state index contributed by atoms with van der Waals surface area (Å²) in [4.78, 5) is 16.2. The summed E-state index contributed by atoms with van der Waals surface area (Å²) in [6.45, 7) is 8.07. The first kappa shape index (κ1) is 22.6. The van der Waals surface area contributed by atoms with Crippen molar-refractivity contribution < 1.29 is 23.9 Å². The minimum atomic E-state index is -0.695. The van der Waals surface area contributed by atoms with E-state index in [-0.39, 0.29) is 24.7 Å². The third-order valence-corrected chi connectivity index (χ3v) is 5.48. The summed E-state index contributed by atoms with van der Waals surface area (Å²) in [6, 6.07) is 10.9. The Labute approximate surface area is 182 Å². The maximum Gasteiger partial charge on any atom is 0.492 e.